The van der Waals surface area contributed by atoms with Crippen LogP contribution in [0.2, 0.25) is 0 Å². The third-order valence-electron chi connectivity index (χ3n) is 2.90. The lowest BCUT2D eigenvalue weighted by Crippen LogP contribution is -2.05. The van der Waals surface area contributed by atoms with Crippen LogP contribution in [0.25, 0.3) is 11.1 Å². The van der Waals surface area contributed by atoms with E-state index < -0.39 is 0 Å². The zero-order valence-electron chi connectivity index (χ0n) is 11.8. The highest BCUT2D eigenvalue weighted by molar-refractivity contribution is 5.89. The van der Waals surface area contributed by atoms with Crippen molar-refractivity contribution in [2.45, 2.75) is 6.92 Å². The molecule has 0 bridgehead atoms. The summed E-state index contributed by atoms with van der Waals surface area (Å²) in [7, 11) is 3.24. The van der Waals surface area contributed by atoms with Gasteiger partial charge in [-0.25, -0.2) is 0 Å². The molecule has 2 rings (SSSR count). The Balaban J connectivity index is 2.42. The second kappa shape index (κ2) is 6.10. The van der Waals surface area contributed by atoms with Crippen LogP contribution in [-0.4, -0.2) is 20.1 Å². The second-order valence-electron chi connectivity index (χ2n) is 4.33. The smallest absolute Gasteiger partial charge is 0.221 e. The van der Waals surface area contributed by atoms with E-state index in [1.807, 2.05) is 42.5 Å². The molecule has 2 aromatic carbocycles. The number of rotatable bonds is 4. The molecule has 0 aliphatic heterocycles. The fraction of sp³-hybridized carbons (Fsp3) is 0.188. The summed E-state index contributed by atoms with van der Waals surface area (Å²) >= 11 is 0. The Hall–Kier alpha value is -2.49. The van der Waals surface area contributed by atoms with Gasteiger partial charge in [0.25, 0.3) is 0 Å². The summed E-state index contributed by atoms with van der Waals surface area (Å²) in [4.78, 5) is 11.1. The summed E-state index contributed by atoms with van der Waals surface area (Å²) in [5.41, 5.74) is 2.67. The molecule has 0 radical (unpaired) electrons. The molecule has 0 aromatic heterocycles. The molecular weight excluding hydrogens is 254 g/mol. The molecule has 0 aliphatic carbocycles. The van der Waals surface area contributed by atoms with Gasteiger partial charge >= 0.3 is 0 Å². The van der Waals surface area contributed by atoms with Crippen molar-refractivity contribution in [1.29, 1.82) is 0 Å². The molecule has 0 spiro atoms. The number of methoxy groups -OCH3 is 2. The van der Waals surface area contributed by atoms with Gasteiger partial charge in [-0.2, -0.15) is 0 Å². The Kier molecular flexibility index (Phi) is 4.25. The van der Waals surface area contributed by atoms with Crippen molar-refractivity contribution in [3.8, 4) is 22.6 Å². The predicted molar refractivity (Wildman–Crippen MR) is 79.3 cm³/mol. The zero-order chi connectivity index (χ0) is 14.5. The predicted octanol–water partition coefficient (Wildman–Crippen LogP) is 3.33. The third-order valence-corrected chi connectivity index (χ3v) is 2.90. The van der Waals surface area contributed by atoms with Gasteiger partial charge < -0.3 is 14.8 Å². The first-order valence-corrected chi connectivity index (χ1v) is 6.24. The summed E-state index contributed by atoms with van der Waals surface area (Å²) in [5.74, 6) is 1.37. The van der Waals surface area contributed by atoms with E-state index in [1.54, 1.807) is 14.2 Å². The number of benzene rings is 2. The maximum absolute atomic E-state index is 11.1. The summed E-state index contributed by atoms with van der Waals surface area (Å²) < 4.78 is 10.6. The van der Waals surface area contributed by atoms with E-state index in [2.05, 4.69) is 5.32 Å². The normalized spacial score (nSPS) is 9.95. The first kappa shape index (κ1) is 13.9. The van der Waals surface area contributed by atoms with Crippen molar-refractivity contribution >= 4 is 11.6 Å². The van der Waals surface area contributed by atoms with E-state index >= 15 is 0 Å². The number of anilines is 1. The van der Waals surface area contributed by atoms with Gasteiger partial charge in [-0.15, -0.1) is 0 Å². The molecule has 0 saturated heterocycles. The maximum Gasteiger partial charge on any atom is 0.221 e. The third kappa shape index (κ3) is 3.09. The monoisotopic (exact) mass is 271 g/mol. The molecule has 4 nitrogen and oxygen atoms in total. The van der Waals surface area contributed by atoms with Crippen LogP contribution in [0.3, 0.4) is 0 Å². The maximum atomic E-state index is 11.1. The molecule has 104 valence electrons. The van der Waals surface area contributed by atoms with E-state index in [9.17, 15) is 4.79 Å². The molecule has 0 heterocycles. The van der Waals surface area contributed by atoms with Gasteiger partial charge in [0.15, 0.2) is 0 Å². The van der Waals surface area contributed by atoms with Crippen LogP contribution >= 0.6 is 0 Å². The summed E-state index contributed by atoms with van der Waals surface area (Å²) in [6.07, 6.45) is 0. The number of carbonyl (C=O) groups excluding carboxylic acids is 1. The molecule has 1 N–H and O–H groups in total. The molecule has 20 heavy (non-hydrogen) atoms. The van der Waals surface area contributed by atoms with E-state index in [-0.39, 0.29) is 5.91 Å². The lowest BCUT2D eigenvalue weighted by atomic mass is 10.0. The molecule has 4 heteroatoms. The van der Waals surface area contributed by atoms with Crippen LogP contribution in [-0.2, 0) is 4.79 Å². The minimum Gasteiger partial charge on any atom is -0.497 e. The molecule has 0 unspecified atom stereocenters. The van der Waals surface area contributed by atoms with E-state index in [0.717, 1.165) is 28.3 Å². The fourth-order valence-electron chi connectivity index (χ4n) is 2.00. The minimum absolute atomic E-state index is 0.0937. The number of hydrogen-bond acceptors (Lipinski definition) is 3. The minimum atomic E-state index is -0.0937. The quantitative estimate of drug-likeness (QED) is 0.927. The van der Waals surface area contributed by atoms with E-state index in [0.29, 0.717) is 0 Å². The van der Waals surface area contributed by atoms with Crippen molar-refractivity contribution in [3.63, 3.8) is 0 Å². The van der Waals surface area contributed by atoms with Crippen LogP contribution in [0.5, 0.6) is 11.5 Å². The molecule has 2 aromatic rings. The largest absolute Gasteiger partial charge is 0.497 e. The number of ether oxygens (including phenoxy) is 2. The molecule has 0 atom stereocenters. The van der Waals surface area contributed by atoms with Crippen molar-refractivity contribution < 1.29 is 14.3 Å². The SMILES string of the molecule is COc1ccc(-c2cccc(NC(C)=O)c2)c(OC)c1. The lowest BCUT2D eigenvalue weighted by molar-refractivity contribution is -0.114. The van der Waals surface area contributed by atoms with Crippen molar-refractivity contribution in [3.05, 3.63) is 42.5 Å². The number of nitrogens with one attached hydrogen (secondary N) is 1. The van der Waals surface area contributed by atoms with Crippen LogP contribution in [0.15, 0.2) is 42.5 Å². The van der Waals surface area contributed by atoms with Crippen LogP contribution in [0, 0.1) is 0 Å². The Bertz CT molecular complexity index is 623. The van der Waals surface area contributed by atoms with Crippen LogP contribution < -0.4 is 14.8 Å². The van der Waals surface area contributed by atoms with Crippen LogP contribution in [0.1, 0.15) is 6.92 Å². The Morgan fingerprint density at radius 2 is 1.85 bits per heavy atom. The molecule has 1 amide bonds. The van der Waals surface area contributed by atoms with Crippen molar-refractivity contribution in [1.82, 2.24) is 0 Å². The average molecular weight is 271 g/mol. The fourth-order valence-corrected chi connectivity index (χ4v) is 2.00. The second-order valence-corrected chi connectivity index (χ2v) is 4.33. The first-order valence-electron chi connectivity index (χ1n) is 6.24. The van der Waals surface area contributed by atoms with E-state index in [4.69, 9.17) is 9.47 Å². The Morgan fingerprint density at radius 1 is 1.05 bits per heavy atom. The molecule has 0 saturated carbocycles. The average Bonchev–Trinajstić information content (AvgIpc) is 2.46. The van der Waals surface area contributed by atoms with Gasteiger partial charge in [0.2, 0.25) is 5.91 Å². The van der Waals surface area contributed by atoms with Crippen LogP contribution in [0.4, 0.5) is 5.69 Å². The van der Waals surface area contributed by atoms with Gasteiger partial charge in [-0.1, -0.05) is 12.1 Å². The standard InChI is InChI=1S/C16H17NO3/c1-11(18)17-13-6-4-5-12(9-13)15-8-7-14(19-2)10-16(15)20-3/h4-10H,1-3H3,(H,17,18). The summed E-state index contributed by atoms with van der Waals surface area (Å²) in [6, 6.07) is 13.3. The van der Waals surface area contributed by atoms with Crippen molar-refractivity contribution in [2.24, 2.45) is 0 Å². The molecule has 0 aliphatic rings. The highest BCUT2D eigenvalue weighted by Gasteiger charge is 2.08. The van der Waals surface area contributed by atoms with Gasteiger partial charge in [0, 0.05) is 24.2 Å². The summed E-state index contributed by atoms with van der Waals surface area (Å²) in [6.45, 7) is 1.49. The molecular formula is C16H17NO3. The zero-order valence-corrected chi connectivity index (χ0v) is 11.8. The topological polar surface area (TPSA) is 47.6 Å². The van der Waals surface area contributed by atoms with Gasteiger partial charge in [0.05, 0.1) is 14.2 Å². The van der Waals surface area contributed by atoms with Crippen molar-refractivity contribution in [2.75, 3.05) is 19.5 Å². The Morgan fingerprint density at radius 3 is 2.50 bits per heavy atom. The van der Waals surface area contributed by atoms with Gasteiger partial charge in [-0.05, 0) is 29.8 Å². The highest BCUT2D eigenvalue weighted by Crippen LogP contribution is 2.34. The first-order chi connectivity index (χ1) is 9.63. The van der Waals surface area contributed by atoms with Gasteiger partial charge in [-0.3, -0.25) is 4.79 Å². The summed E-state index contributed by atoms with van der Waals surface area (Å²) in [5, 5.41) is 2.77. The van der Waals surface area contributed by atoms with E-state index in [1.165, 1.54) is 6.92 Å². The molecule has 0 fully saturated rings. The number of carbonyl (C=O) groups is 1. The highest BCUT2D eigenvalue weighted by atomic mass is 16.5. The Labute approximate surface area is 118 Å². The lowest BCUT2D eigenvalue weighted by Gasteiger charge is -2.11. The number of amides is 1. The number of hydrogen-bond donors (Lipinski definition) is 1. The van der Waals surface area contributed by atoms with Gasteiger partial charge in [0.1, 0.15) is 11.5 Å².